The van der Waals surface area contributed by atoms with Crippen molar-refractivity contribution in [2.45, 2.75) is 6.42 Å². The number of carbonyl (C=O) groups excluding carboxylic acids is 1. The summed E-state index contributed by atoms with van der Waals surface area (Å²) in [6, 6.07) is 7.34. The number of aliphatic hydroxyl groups excluding tert-OH is 1. The molecule has 0 unspecified atom stereocenters. The molecule has 0 saturated heterocycles. The molecule has 0 atom stereocenters. The number of benzene rings is 1. The average molecular weight is 189 g/mol. The van der Waals surface area contributed by atoms with E-state index < -0.39 is 5.91 Å². The second kappa shape index (κ2) is 5.05. The Balaban J connectivity index is 2.97. The Morgan fingerprint density at radius 1 is 1.43 bits per heavy atom. The lowest BCUT2D eigenvalue weighted by molar-refractivity contribution is -0.112. The van der Waals surface area contributed by atoms with E-state index in [1.807, 2.05) is 18.2 Å². The zero-order valence-corrected chi connectivity index (χ0v) is 7.66. The third kappa shape index (κ3) is 2.92. The number of hydrogen-bond donors (Lipinski definition) is 2. The predicted octanol–water partition coefficient (Wildman–Crippen LogP) is 0.0582. The van der Waals surface area contributed by atoms with Crippen LogP contribution in [0.4, 0.5) is 0 Å². The van der Waals surface area contributed by atoms with Crippen LogP contribution in [-0.4, -0.2) is 17.6 Å². The average Bonchev–Trinajstić information content (AvgIpc) is 2.17. The quantitative estimate of drug-likeness (QED) is 0.646. The lowest BCUT2D eigenvalue weighted by Crippen LogP contribution is -2.06. The minimum Gasteiger partial charge on any atom is -0.396 e. The number of nitrogens with two attached hydrogens (primary N) is 1. The Morgan fingerprint density at radius 3 is 2.79 bits per heavy atom. The van der Waals surface area contributed by atoms with E-state index in [0.29, 0.717) is 6.42 Å². The van der Waals surface area contributed by atoms with E-state index in [2.05, 4.69) is 11.8 Å². The van der Waals surface area contributed by atoms with Gasteiger partial charge in [-0.2, -0.15) is 0 Å². The van der Waals surface area contributed by atoms with Gasteiger partial charge >= 0.3 is 0 Å². The van der Waals surface area contributed by atoms with Crippen LogP contribution in [-0.2, 0) is 11.2 Å². The standard InChI is InChI=1S/C11H11NO2/c12-11(14)6-5-9-3-1-2-4-10(9)7-8-13/h1-4,13H,7-8H2,(H2,12,14). The van der Waals surface area contributed by atoms with Crippen molar-refractivity contribution in [3.05, 3.63) is 35.4 Å². The van der Waals surface area contributed by atoms with Gasteiger partial charge in [-0.05, 0) is 24.0 Å². The van der Waals surface area contributed by atoms with Crippen molar-refractivity contribution >= 4 is 5.91 Å². The maximum absolute atomic E-state index is 10.4. The lowest BCUT2D eigenvalue weighted by atomic mass is 10.1. The number of aliphatic hydroxyl groups is 1. The molecule has 14 heavy (non-hydrogen) atoms. The van der Waals surface area contributed by atoms with Gasteiger partial charge in [-0.25, -0.2) is 0 Å². The number of amides is 1. The van der Waals surface area contributed by atoms with Crippen LogP contribution < -0.4 is 5.73 Å². The van der Waals surface area contributed by atoms with Gasteiger partial charge in [-0.3, -0.25) is 4.79 Å². The summed E-state index contributed by atoms with van der Waals surface area (Å²) in [5.41, 5.74) is 6.56. The molecule has 1 rings (SSSR count). The fraction of sp³-hybridized carbons (Fsp3) is 0.182. The van der Waals surface area contributed by atoms with Crippen LogP contribution in [0.2, 0.25) is 0 Å². The number of hydrogen-bond acceptors (Lipinski definition) is 2. The Kier molecular flexibility index (Phi) is 3.71. The zero-order chi connectivity index (χ0) is 10.4. The monoisotopic (exact) mass is 189 g/mol. The van der Waals surface area contributed by atoms with E-state index in [1.54, 1.807) is 6.07 Å². The van der Waals surface area contributed by atoms with Gasteiger partial charge in [0, 0.05) is 12.2 Å². The molecule has 0 aliphatic rings. The molecule has 0 spiro atoms. The van der Waals surface area contributed by atoms with Crippen LogP contribution in [0.25, 0.3) is 0 Å². The Labute approximate surface area is 82.6 Å². The van der Waals surface area contributed by atoms with E-state index in [0.717, 1.165) is 11.1 Å². The molecule has 3 N–H and O–H groups in total. The molecule has 1 aromatic rings. The summed E-state index contributed by atoms with van der Waals surface area (Å²) >= 11 is 0. The Bertz CT molecular complexity index is 388. The summed E-state index contributed by atoms with van der Waals surface area (Å²) in [4.78, 5) is 10.4. The van der Waals surface area contributed by atoms with Crippen LogP contribution >= 0.6 is 0 Å². The molecule has 0 radical (unpaired) electrons. The molecule has 0 aliphatic carbocycles. The van der Waals surface area contributed by atoms with Crippen molar-refractivity contribution in [2.75, 3.05) is 6.61 Å². The highest BCUT2D eigenvalue weighted by molar-refractivity contribution is 5.92. The van der Waals surface area contributed by atoms with Crippen LogP contribution in [0.3, 0.4) is 0 Å². The SMILES string of the molecule is NC(=O)C#Cc1ccccc1CCO. The predicted molar refractivity (Wildman–Crippen MR) is 53.3 cm³/mol. The third-order valence-electron chi connectivity index (χ3n) is 1.72. The molecule has 1 aromatic carbocycles. The van der Waals surface area contributed by atoms with Crippen molar-refractivity contribution in [2.24, 2.45) is 5.73 Å². The normalized spacial score (nSPS) is 8.93. The highest BCUT2D eigenvalue weighted by atomic mass is 16.2. The summed E-state index contributed by atoms with van der Waals surface area (Å²) in [6.07, 6.45) is 0.531. The first-order valence-corrected chi connectivity index (χ1v) is 4.24. The van der Waals surface area contributed by atoms with Crippen LogP contribution in [0.1, 0.15) is 11.1 Å². The maximum atomic E-state index is 10.4. The van der Waals surface area contributed by atoms with Gasteiger partial charge in [0.05, 0.1) is 0 Å². The van der Waals surface area contributed by atoms with E-state index in [-0.39, 0.29) is 6.61 Å². The van der Waals surface area contributed by atoms with Gasteiger partial charge in [0.25, 0.3) is 5.91 Å². The fourth-order valence-electron chi connectivity index (χ4n) is 1.11. The highest BCUT2D eigenvalue weighted by Gasteiger charge is 1.97. The molecule has 0 aromatic heterocycles. The molecule has 0 saturated carbocycles. The van der Waals surface area contributed by atoms with Gasteiger partial charge < -0.3 is 10.8 Å². The molecular formula is C11H11NO2. The highest BCUT2D eigenvalue weighted by Crippen LogP contribution is 2.07. The summed E-state index contributed by atoms with van der Waals surface area (Å²) in [5.74, 6) is 4.28. The van der Waals surface area contributed by atoms with Crippen molar-refractivity contribution in [1.29, 1.82) is 0 Å². The van der Waals surface area contributed by atoms with Gasteiger partial charge in [0.15, 0.2) is 0 Å². The van der Waals surface area contributed by atoms with Crippen molar-refractivity contribution in [3.8, 4) is 11.8 Å². The van der Waals surface area contributed by atoms with E-state index in [1.165, 1.54) is 0 Å². The smallest absolute Gasteiger partial charge is 0.293 e. The zero-order valence-electron chi connectivity index (χ0n) is 7.66. The molecule has 1 amide bonds. The summed E-state index contributed by atoms with van der Waals surface area (Å²) in [5, 5.41) is 8.78. The largest absolute Gasteiger partial charge is 0.396 e. The number of carbonyl (C=O) groups is 1. The topological polar surface area (TPSA) is 63.3 Å². The summed E-state index contributed by atoms with van der Waals surface area (Å²) in [7, 11) is 0. The van der Waals surface area contributed by atoms with Gasteiger partial charge in [-0.1, -0.05) is 24.1 Å². The molecule has 3 heteroatoms. The molecular weight excluding hydrogens is 178 g/mol. The third-order valence-corrected chi connectivity index (χ3v) is 1.72. The van der Waals surface area contributed by atoms with Crippen LogP contribution in [0.5, 0.6) is 0 Å². The summed E-state index contributed by atoms with van der Waals surface area (Å²) in [6.45, 7) is 0.0647. The van der Waals surface area contributed by atoms with Crippen LogP contribution in [0, 0.1) is 11.8 Å². The number of primary amides is 1. The molecule has 72 valence electrons. The Morgan fingerprint density at radius 2 is 2.14 bits per heavy atom. The van der Waals surface area contributed by atoms with Crippen molar-refractivity contribution in [1.82, 2.24) is 0 Å². The van der Waals surface area contributed by atoms with E-state index in [9.17, 15) is 4.79 Å². The first-order chi connectivity index (χ1) is 6.74. The van der Waals surface area contributed by atoms with Crippen LogP contribution in [0.15, 0.2) is 24.3 Å². The van der Waals surface area contributed by atoms with E-state index in [4.69, 9.17) is 10.8 Å². The first-order valence-electron chi connectivity index (χ1n) is 4.24. The second-order valence-corrected chi connectivity index (χ2v) is 2.75. The van der Waals surface area contributed by atoms with Crippen molar-refractivity contribution < 1.29 is 9.90 Å². The molecule has 0 heterocycles. The molecule has 0 bridgehead atoms. The molecule has 0 aliphatic heterocycles. The molecule has 0 fully saturated rings. The summed E-state index contributed by atoms with van der Waals surface area (Å²) < 4.78 is 0. The molecule has 3 nitrogen and oxygen atoms in total. The number of rotatable bonds is 2. The minimum absolute atomic E-state index is 0.0647. The maximum Gasteiger partial charge on any atom is 0.293 e. The first kappa shape index (κ1) is 10.3. The van der Waals surface area contributed by atoms with E-state index >= 15 is 0 Å². The Hall–Kier alpha value is -1.79. The van der Waals surface area contributed by atoms with Gasteiger partial charge in [-0.15, -0.1) is 0 Å². The van der Waals surface area contributed by atoms with Gasteiger partial charge in [0.1, 0.15) is 0 Å². The van der Waals surface area contributed by atoms with Gasteiger partial charge in [0.2, 0.25) is 0 Å². The second-order valence-electron chi connectivity index (χ2n) is 2.75. The lowest BCUT2D eigenvalue weighted by Gasteiger charge is -2.00. The fourth-order valence-corrected chi connectivity index (χ4v) is 1.11. The van der Waals surface area contributed by atoms with Crippen molar-refractivity contribution in [3.63, 3.8) is 0 Å². The minimum atomic E-state index is -0.649.